The minimum Gasteiger partial charge on any atom is -0.366 e. The summed E-state index contributed by atoms with van der Waals surface area (Å²) in [6, 6.07) is 7.89. The molecule has 0 amide bonds. The number of halogens is 1. The van der Waals surface area contributed by atoms with Gasteiger partial charge in [0, 0.05) is 24.3 Å². The Balaban J connectivity index is 1.66. The quantitative estimate of drug-likeness (QED) is 0.859. The molecule has 8 heteroatoms. The molecule has 128 valence electrons. The van der Waals surface area contributed by atoms with Crippen LogP contribution in [0.15, 0.2) is 30.3 Å². The van der Waals surface area contributed by atoms with Crippen LogP contribution in [0.25, 0.3) is 0 Å². The average Bonchev–Trinajstić information content (AvgIpc) is 2.85. The maximum Gasteiger partial charge on any atom is 0.225 e. The van der Waals surface area contributed by atoms with Crippen molar-refractivity contribution >= 4 is 21.6 Å². The van der Waals surface area contributed by atoms with Gasteiger partial charge in [-0.25, -0.2) is 17.8 Å². The van der Waals surface area contributed by atoms with Gasteiger partial charge in [-0.2, -0.15) is 4.98 Å². The van der Waals surface area contributed by atoms with E-state index in [2.05, 4.69) is 20.6 Å². The van der Waals surface area contributed by atoms with Crippen molar-refractivity contribution in [3.63, 3.8) is 0 Å². The summed E-state index contributed by atoms with van der Waals surface area (Å²) in [5.41, 5.74) is 1.71. The monoisotopic (exact) mass is 350 g/mol. The fraction of sp³-hybridized carbons (Fsp3) is 0.375. The molecule has 1 aromatic heterocycles. The molecule has 1 saturated heterocycles. The molecular formula is C16H19FN4O2S. The van der Waals surface area contributed by atoms with Gasteiger partial charge in [0.2, 0.25) is 5.95 Å². The molecule has 1 fully saturated rings. The highest BCUT2D eigenvalue weighted by atomic mass is 32.2. The average molecular weight is 350 g/mol. The number of hydrogen-bond donors (Lipinski definition) is 2. The first kappa shape index (κ1) is 16.6. The lowest BCUT2D eigenvalue weighted by molar-refractivity contribution is 0.602. The summed E-state index contributed by atoms with van der Waals surface area (Å²) in [4.78, 5) is 8.68. The zero-order valence-corrected chi connectivity index (χ0v) is 14.1. The summed E-state index contributed by atoms with van der Waals surface area (Å²) in [7, 11) is -2.95. The summed E-state index contributed by atoms with van der Waals surface area (Å²) >= 11 is 0. The SMILES string of the molecule is Cc1cc(NCc2ccc(F)cc2)nc(NC2CCS(=O)(=O)C2)n1. The highest BCUT2D eigenvalue weighted by Gasteiger charge is 2.28. The second kappa shape index (κ2) is 6.72. The Morgan fingerprint density at radius 1 is 1.25 bits per heavy atom. The van der Waals surface area contributed by atoms with Crippen molar-refractivity contribution < 1.29 is 12.8 Å². The zero-order chi connectivity index (χ0) is 17.2. The first-order valence-electron chi connectivity index (χ1n) is 7.71. The Morgan fingerprint density at radius 3 is 2.67 bits per heavy atom. The van der Waals surface area contributed by atoms with Crippen molar-refractivity contribution in [3.05, 3.63) is 47.4 Å². The molecular weight excluding hydrogens is 331 g/mol. The van der Waals surface area contributed by atoms with E-state index in [1.165, 1.54) is 12.1 Å². The van der Waals surface area contributed by atoms with Crippen LogP contribution in [0.3, 0.4) is 0 Å². The van der Waals surface area contributed by atoms with Crippen LogP contribution < -0.4 is 10.6 Å². The maximum absolute atomic E-state index is 12.9. The van der Waals surface area contributed by atoms with Gasteiger partial charge in [-0.15, -0.1) is 0 Å². The number of benzene rings is 1. The Hall–Kier alpha value is -2.22. The summed E-state index contributed by atoms with van der Waals surface area (Å²) in [5.74, 6) is 1.10. The molecule has 1 unspecified atom stereocenters. The second-order valence-electron chi connectivity index (χ2n) is 5.94. The predicted octanol–water partition coefficient (Wildman–Crippen LogP) is 2.14. The molecule has 0 radical (unpaired) electrons. The third-order valence-corrected chi connectivity index (χ3v) is 5.57. The predicted molar refractivity (Wildman–Crippen MR) is 91.2 cm³/mol. The fourth-order valence-corrected chi connectivity index (χ4v) is 4.28. The van der Waals surface area contributed by atoms with E-state index in [0.717, 1.165) is 11.3 Å². The van der Waals surface area contributed by atoms with Crippen LogP contribution in [0.2, 0.25) is 0 Å². The molecule has 1 aliphatic rings. The fourth-order valence-electron chi connectivity index (χ4n) is 2.61. The van der Waals surface area contributed by atoms with Crippen molar-refractivity contribution in [1.29, 1.82) is 0 Å². The normalized spacial score (nSPS) is 19.2. The standard InChI is InChI=1S/C16H19FN4O2S/c1-11-8-15(18-9-12-2-4-13(17)5-3-12)21-16(19-11)20-14-6-7-24(22,23)10-14/h2-5,8,14H,6-7,9-10H2,1H3,(H2,18,19,20,21). The number of aromatic nitrogens is 2. The van der Waals surface area contributed by atoms with Crippen LogP contribution >= 0.6 is 0 Å². The summed E-state index contributed by atoms with van der Waals surface area (Å²) in [6.07, 6.45) is 0.567. The van der Waals surface area contributed by atoms with E-state index in [0.29, 0.717) is 24.7 Å². The minimum absolute atomic E-state index is 0.114. The topological polar surface area (TPSA) is 84.0 Å². The highest BCUT2D eigenvalue weighted by molar-refractivity contribution is 7.91. The maximum atomic E-state index is 12.9. The van der Waals surface area contributed by atoms with Crippen molar-refractivity contribution in [3.8, 4) is 0 Å². The number of nitrogens with one attached hydrogen (secondary N) is 2. The molecule has 0 aliphatic carbocycles. The van der Waals surface area contributed by atoms with Gasteiger partial charge in [0.05, 0.1) is 11.5 Å². The van der Waals surface area contributed by atoms with Gasteiger partial charge in [-0.3, -0.25) is 0 Å². The van der Waals surface area contributed by atoms with Gasteiger partial charge in [0.1, 0.15) is 11.6 Å². The molecule has 0 spiro atoms. The van der Waals surface area contributed by atoms with Crippen molar-refractivity contribution in [2.45, 2.75) is 25.9 Å². The number of aryl methyl sites for hydroxylation is 1. The van der Waals surface area contributed by atoms with E-state index >= 15 is 0 Å². The van der Waals surface area contributed by atoms with E-state index in [9.17, 15) is 12.8 Å². The van der Waals surface area contributed by atoms with E-state index in [1.54, 1.807) is 18.2 Å². The molecule has 2 heterocycles. The van der Waals surface area contributed by atoms with Gasteiger partial charge < -0.3 is 10.6 Å². The molecule has 3 rings (SSSR count). The van der Waals surface area contributed by atoms with Crippen LogP contribution in [-0.4, -0.2) is 35.9 Å². The Kier molecular flexibility index (Phi) is 4.66. The second-order valence-corrected chi connectivity index (χ2v) is 8.17. The van der Waals surface area contributed by atoms with E-state index < -0.39 is 9.84 Å². The molecule has 1 atom stereocenters. The van der Waals surface area contributed by atoms with Gasteiger partial charge in [0.15, 0.2) is 9.84 Å². The molecule has 0 bridgehead atoms. The van der Waals surface area contributed by atoms with Crippen molar-refractivity contribution in [2.75, 3.05) is 22.1 Å². The largest absolute Gasteiger partial charge is 0.366 e. The van der Waals surface area contributed by atoms with E-state index in [1.807, 2.05) is 6.92 Å². The van der Waals surface area contributed by atoms with Crippen LogP contribution in [-0.2, 0) is 16.4 Å². The summed E-state index contributed by atoms with van der Waals surface area (Å²) in [6.45, 7) is 2.36. The van der Waals surface area contributed by atoms with Crippen molar-refractivity contribution in [1.82, 2.24) is 9.97 Å². The Bertz CT molecular complexity index is 824. The molecule has 2 aromatic rings. The van der Waals surface area contributed by atoms with Crippen LogP contribution in [0.5, 0.6) is 0 Å². The number of hydrogen-bond acceptors (Lipinski definition) is 6. The zero-order valence-electron chi connectivity index (χ0n) is 13.3. The van der Waals surface area contributed by atoms with Gasteiger partial charge in [0.25, 0.3) is 0 Å². The highest BCUT2D eigenvalue weighted by Crippen LogP contribution is 2.17. The lowest BCUT2D eigenvalue weighted by atomic mass is 10.2. The third kappa shape index (κ3) is 4.41. The van der Waals surface area contributed by atoms with Gasteiger partial charge in [-0.05, 0) is 31.0 Å². The van der Waals surface area contributed by atoms with Crippen LogP contribution in [0, 0.1) is 12.7 Å². The lowest BCUT2D eigenvalue weighted by Crippen LogP contribution is -2.22. The van der Waals surface area contributed by atoms with Gasteiger partial charge in [-0.1, -0.05) is 12.1 Å². The Morgan fingerprint density at radius 2 is 2.00 bits per heavy atom. The van der Waals surface area contributed by atoms with Crippen LogP contribution in [0.4, 0.5) is 16.2 Å². The molecule has 2 N–H and O–H groups in total. The first-order chi connectivity index (χ1) is 11.4. The Labute approximate surface area is 140 Å². The molecule has 24 heavy (non-hydrogen) atoms. The van der Waals surface area contributed by atoms with Gasteiger partial charge >= 0.3 is 0 Å². The number of sulfone groups is 1. The molecule has 1 aliphatic heterocycles. The third-order valence-electron chi connectivity index (χ3n) is 3.81. The number of rotatable bonds is 5. The molecule has 0 saturated carbocycles. The molecule has 1 aromatic carbocycles. The minimum atomic E-state index is -2.95. The summed E-state index contributed by atoms with van der Waals surface area (Å²) in [5, 5.41) is 6.26. The lowest BCUT2D eigenvalue weighted by Gasteiger charge is -2.13. The van der Waals surface area contributed by atoms with Crippen LogP contribution in [0.1, 0.15) is 17.7 Å². The number of nitrogens with zero attached hydrogens (tertiary/aromatic N) is 2. The summed E-state index contributed by atoms with van der Waals surface area (Å²) < 4.78 is 36.0. The number of anilines is 2. The molecule has 6 nitrogen and oxygen atoms in total. The van der Waals surface area contributed by atoms with E-state index in [-0.39, 0.29) is 23.4 Å². The van der Waals surface area contributed by atoms with Crippen molar-refractivity contribution in [2.24, 2.45) is 0 Å². The smallest absolute Gasteiger partial charge is 0.225 e. The van der Waals surface area contributed by atoms with E-state index in [4.69, 9.17) is 0 Å². The first-order valence-corrected chi connectivity index (χ1v) is 9.53.